The number of H-pyrrole nitrogens is 1. The average Bonchev–Trinajstić information content (AvgIpc) is 2.47. The van der Waals surface area contributed by atoms with Crippen molar-refractivity contribution in [3.05, 3.63) is 28.2 Å². The summed E-state index contributed by atoms with van der Waals surface area (Å²) in [6, 6.07) is 2.62. The standard InChI is InChI=1S/C13H17N3O4/c1-2-13(12(19)20)5-7-16(8-6-13)11(18)9-3-4-10(17)15-14-9/h3-4H,2,5-8H2,1H3,(H,15,17)(H,19,20). The van der Waals surface area contributed by atoms with Crippen LogP contribution in [0.1, 0.15) is 36.7 Å². The van der Waals surface area contributed by atoms with Gasteiger partial charge in [-0.3, -0.25) is 14.4 Å². The lowest BCUT2D eigenvalue weighted by molar-refractivity contribution is -0.152. The first-order valence-corrected chi connectivity index (χ1v) is 6.57. The number of aromatic amines is 1. The number of aromatic nitrogens is 2. The van der Waals surface area contributed by atoms with Crippen molar-refractivity contribution < 1.29 is 14.7 Å². The van der Waals surface area contributed by atoms with Crippen LogP contribution in [0.2, 0.25) is 0 Å². The number of amides is 1. The number of nitrogens with zero attached hydrogens (tertiary/aromatic N) is 2. The number of carboxylic acid groups (broad SMARTS) is 1. The number of nitrogens with one attached hydrogen (secondary N) is 1. The van der Waals surface area contributed by atoms with E-state index in [0.29, 0.717) is 32.4 Å². The summed E-state index contributed by atoms with van der Waals surface area (Å²) in [7, 11) is 0. The Bertz CT molecular complexity index is 553. The Kier molecular flexibility index (Phi) is 3.87. The number of piperidine rings is 1. The monoisotopic (exact) mass is 279 g/mol. The van der Waals surface area contributed by atoms with Crippen LogP contribution in [0.25, 0.3) is 0 Å². The molecule has 1 aliphatic heterocycles. The third kappa shape index (κ3) is 2.56. The van der Waals surface area contributed by atoms with Gasteiger partial charge >= 0.3 is 5.97 Å². The smallest absolute Gasteiger partial charge is 0.309 e. The van der Waals surface area contributed by atoms with Crippen LogP contribution in [-0.4, -0.2) is 45.2 Å². The average molecular weight is 279 g/mol. The molecule has 7 nitrogen and oxygen atoms in total. The second-order valence-corrected chi connectivity index (χ2v) is 5.04. The first-order chi connectivity index (χ1) is 9.48. The van der Waals surface area contributed by atoms with Gasteiger partial charge in [0.15, 0.2) is 0 Å². The maximum atomic E-state index is 12.2. The van der Waals surface area contributed by atoms with Crippen LogP contribution in [0, 0.1) is 5.41 Å². The molecule has 0 unspecified atom stereocenters. The van der Waals surface area contributed by atoms with Crippen molar-refractivity contribution in [2.45, 2.75) is 26.2 Å². The highest BCUT2D eigenvalue weighted by molar-refractivity contribution is 5.92. The first-order valence-electron chi connectivity index (χ1n) is 6.57. The molecule has 2 heterocycles. The molecule has 0 saturated carbocycles. The molecule has 108 valence electrons. The summed E-state index contributed by atoms with van der Waals surface area (Å²) in [6.45, 7) is 2.63. The van der Waals surface area contributed by atoms with Crippen molar-refractivity contribution in [2.75, 3.05) is 13.1 Å². The highest BCUT2D eigenvalue weighted by Crippen LogP contribution is 2.35. The van der Waals surface area contributed by atoms with Crippen LogP contribution in [0.3, 0.4) is 0 Å². The molecule has 0 aromatic carbocycles. The summed E-state index contributed by atoms with van der Waals surface area (Å²) >= 11 is 0. The highest BCUT2D eigenvalue weighted by atomic mass is 16.4. The summed E-state index contributed by atoms with van der Waals surface area (Å²) in [6.07, 6.45) is 1.43. The van der Waals surface area contributed by atoms with Crippen molar-refractivity contribution in [1.82, 2.24) is 15.1 Å². The summed E-state index contributed by atoms with van der Waals surface area (Å²) in [4.78, 5) is 36.0. The quantitative estimate of drug-likeness (QED) is 0.838. The Labute approximate surface area is 115 Å². The van der Waals surface area contributed by atoms with E-state index >= 15 is 0 Å². The van der Waals surface area contributed by atoms with E-state index < -0.39 is 11.4 Å². The lowest BCUT2D eigenvalue weighted by atomic mass is 9.76. The molecule has 0 atom stereocenters. The Morgan fingerprint density at radius 3 is 2.50 bits per heavy atom. The predicted molar refractivity (Wildman–Crippen MR) is 70.4 cm³/mol. The molecule has 0 spiro atoms. The molecule has 0 bridgehead atoms. The van der Waals surface area contributed by atoms with Gasteiger partial charge in [0.1, 0.15) is 5.69 Å². The minimum Gasteiger partial charge on any atom is -0.481 e. The zero-order chi connectivity index (χ0) is 14.8. The van der Waals surface area contributed by atoms with E-state index in [-0.39, 0.29) is 17.2 Å². The van der Waals surface area contributed by atoms with Gasteiger partial charge in [0.25, 0.3) is 11.5 Å². The molecule has 1 aromatic heterocycles. The number of carbonyl (C=O) groups excluding carboxylic acids is 1. The summed E-state index contributed by atoms with van der Waals surface area (Å²) in [5.74, 6) is -1.08. The summed E-state index contributed by atoms with van der Waals surface area (Å²) < 4.78 is 0. The van der Waals surface area contributed by atoms with Gasteiger partial charge in [0, 0.05) is 19.2 Å². The molecule has 1 fully saturated rings. The van der Waals surface area contributed by atoms with Crippen molar-refractivity contribution >= 4 is 11.9 Å². The maximum Gasteiger partial charge on any atom is 0.309 e. The molecule has 20 heavy (non-hydrogen) atoms. The molecular weight excluding hydrogens is 262 g/mol. The molecule has 1 aliphatic rings. The van der Waals surface area contributed by atoms with Gasteiger partial charge in [-0.15, -0.1) is 0 Å². The van der Waals surface area contributed by atoms with Crippen molar-refractivity contribution in [3.8, 4) is 0 Å². The number of hydrogen-bond donors (Lipinski definition) is 2. The molecule has 0 aliphatic carbocycles. The van der Waals surface area contributed by atoms with Gasteiger partial charge in [0.05, 0.1) is 5.41 Å². The van der Waals surface area contributed by atoms with Crippen LogP contribution in [-0.2, 0) is 4.79 Å². The number of rotatable bonds is 3. The highest BCUT2D eigenvalue weighted by Gasteiger charge is 2.41. The van der Waals surface area contributed by atoms with Gasteiger partial charge in [-0.2, -0.15) is 5.10 Å². The van der Waals surface area contributed by atoms with E-state index in [2.05, 4.69) is 10.2 Å². The van der Waals surface area contributed by atoms with Crippen LogP contribution in [0.15, 0.2) is 16.9 Å². The topological polar surface area (TPSA) is 103 Å². The number of carboxylic acids is 1. The first kappa shape index (κ1) is 14.2. The van der Waals surface area contributed by atoms with E-state index in [0.717, 1.165) is 0 Å². The van der Waals surface area contributed by atoms with Gasteiger partial charge < -0.3 is 10.0 Å². The molecular formula is C13H17N3O4. The molecule has 7 heteroatoms. The normalized spacial score (nSPS) is 17.8. The third-order valence-electron chi connectivity index (χ3n) is 4.04. The zero-order valence-electron chi connectivity index (χ0n) is 11.3. The largest absolute Gasteiger partial charge is 0.481 e. The summed E-state index contributed by atoms with van der Waals surface area (Å²) in [5, 5.41) is 15.2. The Balaban J connectivity index is 2.07. The van der Waals surface area contributed by atoms with Crippen LogP contribution < -0.4 is 5.56 Å². The second-order valence-electron chi connectivity index (χ2n) is 5.04. The molecule has 1 saturated heterocycles. The van der Waals surface area contributed by atoms with Crippen molar-refractivity contribution in [2.24, 2.45) is 5.41 Å². The fourth-order valence-corrected chi connectivity index (χ4v) is 2.48. The number of aliphatic carboxylic acids is 1. The van der Waals surface area contributed by atoms with Crippen LogP contribution >= 0.6 is 0 Å². The van der Waals surface area contributed by atoms with Crippen molar-refractivity contribution in [3.63, 3.8) is 0 Å². The predicted octanol–water partition coefficient (Wildman–Crippen LogP) is 0.487. The minimum atomic E-state index is -0.797. The second kappa shape index (κ2) is 5.44. The van der Waals surface area contributed by atoms with E-state index in [1.165, 1.54) is 12.1 Å². The zero-order valence-corrected chi connectivity index (χ0v) is 11.3. The maximum absolute atomic E-state index is 12.2. The van der Waals surface area contributed by atoms with Gasteiger partial charge in [-0.25, -0.2) is 5.10 Å². The third-order valence-corrected chi connectivity index (χ3v) is 4.04. The van der Waals surface area contributed by atoms with Gasteiger partial charge in [0.2, 0.25) is 0 Å². The van der Waals surface area contributed by atoms with Crippen LogP contribution in [0.4, 0.5) is 0 Å². The van der Waals surface area contributed by atoms with Gasteiger partial charge in [-0.1, -0.05) is 6.92 Å². The van der Waals surface area contributed by atoms with E-state index in [4.69, 9.17) is 0 Å². The Morgan fingerprint density at radius 1 is 1.40 bits per heavy atom. The van der Waals surface area contributed by atoms with E-state index in [9.17, 15) is 19.5 Å². The Hall–Kier alpha value is -2.18. The van der Waals surface area contributed by atoms with E-state index in [1.54, 1.807) is 4.90 Å². The molecule has 1 amide bonds. The molecule has 1 aromatic rings. The number of carbonyl (C=O) groups is 2. The van der Waals surface area contributed by atoms with Crippen LogP contribution in [0.5, 0.6) is 0 Å². The summed E-state index contributed by atoms with van der Waals surface area (Å²) in [5.41, 5.74) is -0.921. The molecule has 0 radical (unpaired) electrons. The lowest BCUT2D eigenvalue weighted by Gasteiger charge is -2.38. The fourth-order valence-electron chi connectivity index (χ4n) is 2.48. The molecule has 2 N–H and O–H groups in total. The number of hydrogen-bond acceptors (Lipinski definition) is 4. The fraction of sp³-hybridized carbons (Fsp3) is 0.538. The molecule has 2 rings (SSSR count). The van der Waals surface area contributed by atoms with Gasteiger partial charge in [-0.05, 0) is 25.3 Å². The SMILES string of the molecule is CCC1(C(=O)O)CCN(C(=O)c2ccc(=O)[nH]n2)CC1. The lowest BCUT2D eigenvalue weighted by Crippen LogP contribution is -2.46. The Morgan fingerprint density at radius 2 is 2.05 bits per heavy atom. The minimum absolute atomic E-state index is 0.170. The number of likely N-dealkylation sites (tertiary alicyclic amines) is 1. The van der Waals surface area contributed by atoms with E-state index in [1.807, 2.05) is 6.92 Å². The van der Waals surface area contributed by atoms with Crippen molar-refractivity contribution in [1.29, 1.82) is 0 Å².